The Kier molecular flexibility index (Phi) is 5.26. The van der Waals surface area contributed by atoms with Crippen LogP contribution in [0.15, 0.2) is 72.9 Å². The van der Waals surface area contributed by atoms with E-state index in [0.717, 1.165) is 16.9 Å². The maximum Gasteiger partial charge on any atom is 0.249 e. The number of carbonyl (C=O) groups is 1. The number of hydrogen-bond acceptors (Lipinski definition) is 3. The van der Waals surface area contributed by atoms with Crippen LogP contribution in [-0.4, -0.2) is 22.8 Å². The third-order valence-corrected chi connectivity index (χ3v) is 3.69. The molecule has 0 spiro atoms. The Morgan fingerprint density at radius 2 is 1.88 bits per heavy atom. The number of nitrogens with zero attached hydrogens (tertiary/aromatic N) is 2. The molecule has 5 nitrogen and oxygen atoms in total. The second-order valence-corrected chi connectivity index (χ2v) is 5.46. The molecular weight excluding hydrogens is 314 g/mol. The highest BCUT2D eigenvalue weighted by atomic mass is 16.5. The van der Waals surface area contributed by atoms with Crippen molar-refractivity contribution < 1.29 is 9.53 Å². The van der Waals surface area contributed by atoms with E-state index in [1.165, 1.54) is 6.08 Å². The number of aromatic nitrogens is 2. The number of amides is 1. The number of rotatable bonds is 6. The minimum absolute atomic E-state index is 0.203. The molecule has 0 saturated heterocycles. The Balaban J connectivity index is 1.63. The summed E-state index contributed by atoms with van der Waals surface area (Å²) in [5.74, 6) is 1.24. The fourth-order valence-corrected chi connectivity index (χ4v) is 2.38. The summed E-state index contributed by atoms with van der Waals surface area (Å²) in [6.07, 6.45) is 4.93. The number of benzene rings is 2. The van der Waals surface area contributed by atoms with Crippen LogP contribution in [0.25, 0.3) is 6.08 Å². The van der Waals surface area contributed by atoms with Crippen molar-refractivity contribution in [3.05, 3.63) is 84.1 Å². The van der Waals surface area contributed by atoms with Crippen molar-refractivity contribution in [3.8, 4) is 5.75 Å². The molecule has 0 fully saturated rings. The SMILES string of the molecule is COc1ccc(C=CC(=O)Nc2ccnn2Cc2ccccc2)cc1. The smallest absolute Gasteiger partial charge is 0.249 e. The maximum atomic E-state index is 12.1. The highest BCUT2D eigenvalue weighted by Gasteiger charge is 2.05. The molecule has 0 unspecified atom stereocenters. The second kappa shape index (κ2) is 7.97. The lowest BCUT2D eigenvalue weighted by Crippen LogP contribution is -2.13. The summed E-state index contributed by atoms with van der Waals surface area (Å²) in [7, 11) is 1.62. The van der Waals surface area contributed by atoms with Crippen LogP contribution in [0.4, 0.5) is 5.82 Å². The standard InChI is InChI=1S/C20H19N3O2/c1-25-18-10-7-16(8-11-18)9-12-20(24)22-19-13-14-21-23(19)15-17-5-3-2-4-6-17/h2-14H,15H2,1H3,(H,22,24). The van der Waals surface area contributed by atoms with Gasteiger partial charge in [-0.05, 0) is 29.3 Å². The molecule has 0 radical (unpaired) electrons. The highest BCUT2D eigenvalue weighted by molar-refractivity contribution is 6.01. The lowest BCUT2D eigenvalue weighted by molar-refractivity contribution is -0.111. The lowest BCUT2D eigenvalue weighted by Gasteiger charge is -2.07. The van der Waals surface area contributed by atoms with E-state index < -0.39 is 0 Å². The summed E-state index contributed by atoms with van der Waals surface area (Å²) in [5.41, 5.74) is 2.05. The van der Waals surface area contributed by atoms with Crippen LogP contribution in [0, 0.1) is 0 Å². The van der Waals surface area contributed by atoms with Crippen molar-refractivity contribution >= 4 is 17.8 Å². The first-order valence-corrected chi connectivity index (χ1v) is 7.93. The molecule has 0 aliphatic carbocycles. The molecule has 0 bridgehead atoms. The van der Waals surface area contributed by atoms with Gasteiger partial charge in [0.25, 0.3) is 0 Å². The molecule has 3 rings (SSSR count). The number of anilines is 1. The summed E-state index contributed by atoms with van der Waals surface area (Å²) in [6, 6.07) is 19.3. The Labute approximate surface area is 146 Å². The fraction of sp³-hybridized carbons (Fsp3) is 0.100. The summed E-state index contributed by atoms with van der Waals surface area (Å²) >= 11 is 0. The first-order valence-electron chi connectivity index (χ1n) is 7.93. The average Bonchev–Trinajstić information content (AvgIpc) is 3.08. The van der Waals surface area contributed by atoms with Gasteiger partial charge in [-0.15, -0.1) is 0 Å². The van der Waals surface area contributed by atoms with Crippen LogP contribution in [0.2, 0.25) is 0 Å². The average molecular weight is 333 g/mol. The molecule has 0 aliphatic rings. The van der Waals surface area contributed by atoms with Crippen molar-refractivity contribution in [2.24, 2.45) is 0 Å². The molecule has 1 N–H and O–H groups in total. The van der Waals surface area contributed by atoms with Gasteiger partial charge in [-0.3, -0.25) is 4.79 Å². The largest absolute Gasteiger partial charge is 0.497 e. The quantitative estimate of drug-likeness (QED) is 0.701. The number of carbonyl (C=O) groups excluding carboxylic acids is 1. The number of hydrogen-bond donors (Lipinski definition) is 1. The molecule has 126 valence electrons. The van der Waals surface area contributed by atoms with Crippen molar-refractivity contribution in [2.45, 2.75) is 6.54 Å². The fourth-order valence-electron chi connectivity index (χ4n) is 2.38. The van der Waals surface area contributed by atoms with Crippen LogP contribution < -0.4 is 10.1 Å². The zero-order chi connectivity index (χ0) is 17.5. The van der Waals surface area contributed by atoms with Gasteiger partial charge in [0.2, 0.25) is 5.91 Å². The topological polar surface area (TPSA) is 56.1 Å². The molecule has 0 saturated carbocycles. The van der Waals surface area contributed by atoms with E-state index in [9.17, 15) is 4.79 Å². The first kappa shape index (κ1) is 16.5. The summed E-state index contributed by atoms with van der Waals surface area (Å²) in [5, 5.41) is 7.12. The maximum absolute atomic E-state index is 12.1. The predicted molar refractivity (Wildman–Crippen MR) is 98.4 cm³/mol. The molecule has 5 heteroatoms. The van der Waals surface area contributed by atoms with Crippen molar-refractivity contribution in [3.63, 3.8) is 0 Å². The monoisotopic (exact) mass is 333 g/mol. The molecule has 1 aromatic heterocycles. The van der Waals surface area contributed by atoms with E-state index in [0.29, 0.717) is 12.4 Å². The third kappa shape index (κ3) is 4.57. The zero-order valence-electron chi connectivity index (χ0n) is 13.9. The van der Waals surface area contributed by atoms with Crippen LogP contribution in [-0.2, 0) is 11.3 Å². The summed E-state index contributed by atoms with van der Waals surface area (Å²) < 4.78 is 6.87. The normalized spacial score (nSPS) is 10.8. The summed E-state index contributed by atoms with van der Waals surface area (Å²) in [4.78, 5) is 12.1. The van der Waals surface area contributed by atoms with E-state index in [4.69, 9.17) is 4.74 Å². The Hall–Kier alpha value is -3.34. The molecule has 1 heterocycles. The Morgan fingerprint density at radius 3 is 2.60 bits per heavy atom. The predicted octanol–water partition coefficient (Wildman–Crippen LogP) is 3.59. The van der Waals surface area contributed by atoms with Gasteiger partial charge in [0.15, 0.2) is 0 Å². The number of nitrogens with one attached hydrogen (secondary N) is 1. The Morgan fingerprint density at radius 1 is 1.12 bits per heavy atom. The van der Waals surface area contributed by atoms with E-state index in [-0.39, 0.29) is 5.91 Å². The molecule has 0 atom stereocenters. The zero-order valence-corrected chi connectivity index (χ0v) is 13.9. The third-order valence-electron chi connectivity index (χ3n) is 3.69. The van der Waals surface area contributed by atoms with E-state index in [2.05, 4.69) is 10.4 Å². The van der Waals surface area contributed by atoms with Crippen LogP contribution >= 0.6 is 0 Å². The molecule has 25 heavy (non-hydrogen) atoms. The minimum Gasteiger partial charge on any atom is -0.497 e. The lowest BCUT2D eigenvalue weighted by atomic mass is 10.2. The van der Waals surface area contributed by atoms with Gasteiger partial charge in [-0.1, -0.05) is 42.5 Å². The van der Waals surface area contributed by atoms with E-state index >= 15 is 0 Å². The summed E-state index contributed by atoms with van der Waals surface area (Å²) in [6.45, 7) is 0.603. The molecule has 3 aromatic rings. The van der Waals surface area contributed by atoms with Gasteiger partial charge >= 0.3 is 0 Å². The number of ether oxygens (including phenoxy) is 1. The minimum atomic E-state index is -0.203. The van der Waals surface area contributed by atoms with Gasteiger partial charge in [-0.2, -0.15) is 5.10 Å². The van der Waals surface area contributed by atoms with Crippen LogP contribution in [0.5, 0.6) is 5.75 Å². The molecule has 1 amide bonds. The van der Waals surface area contributed by atoms with Crippen LogP contribution in [0.1, 0.15) is 11.1 Å². The first-order chi connectivity index (χ1) is 12.2. The molecule has 0 aliphatic heterocycles. The second-order valence-electron chi connectivity index (χ2n) is 5.46. The molecule has 2 aromatic carbocycles. The number of methoxy groups -OCH3 is 1. The molecular formula is C20H19N3O2. The van der Waals surface area contributed by atoms with Gasteiger partial charge in [0, 0.05) is 12.1 Å². The van der Waals surface area contributed by atoms with Gasteiger partial charge in [0.05, 0.1) is 19.9 Å². The Bertz CT molecular complexity index is 852. The van der Waals surface area contributed by atoms with E-state index in [1.54, 1.807) is 30.1 Å². The van der Waals surface area contributed by atoms with E-state index in [1.807, 2.05) is 54.6 Å². The van der Waals surface area contributed by atoms with Crippen molar-refractivity contribution in [2.75, 3.05) is 12.4 Å². The van der Waals surface area contributed by atoms with Crippen molar-refractivity contribution in [1.29, 1.82) is 0 Å². The van der Waals surface area contributed by atoms with Crippen molar-refractivity contribution in [1.82, 2.24) is 9.78 Å². The van der Waals surface area contributed by atoms with Crippen LogP contribution in [0.3, 0.4) is 0 Å². The van der Waals surface area contributed by atoms with Gasteiger partial charge in [0.1, 0.15) is 11.6 Å². The highest BCUT2D eigenvalue weighted by Crippen LogP contribution is 2.13. The van der Waals surface area contributed by atoms with Gasteiger partial charge < -0.3 is 10.1 Å². The van der Waals surface area contributed by atoms with Gasteiger partial charge in [-0.25, -0.2) is 4.68 Å².